The topological polar surface area (TPSA) is 49.8 Å². The van der Waals surface area contributed by atoms with Crippen LogP contribution >= 0.6 is 6.42 Å². The fourth-order valence-corrected chi connectivity index (χ4v) is 2.63. The van der Waals surface area contributed by atoms with E-state index >= 15 is 0 Å². The molecule has 0 aromatic heterocycles. The molecule has 0 spiro atoms. The van der Waals surface area contributed by atoms with Crippen molar-refractivity contribution in [1.29, 1.82) is 0 Å². The van der Waals surface area contributed by atoms with Crippen LogP contribution in [0.15, 0.2) is 30.3 Å². The Balaban J connectivity index is 2.93. The van der Waals surface area contributed by atoms with Gasteiger partial charge in [-0.25, -0.2) is 4.67 Å². The van der Waals surface area contributed by atoms with Crippen molar-refractivity contribution in [3.63, 3.8) is 0 Å². The molecule has 1 aromatic carbocycles. The van der Waals surface area contributed by atoms with Crippen molar-refractivity contribution in [3.05, 3.63) is 35.9 Å². The highest BCUT2D eigenvalue weighted by molar-refractivity contribution is 8.10. The molecule has 18 heavy (non-hydrogen) atoms. The Morgan fingerprint density at radius 3 is 2.50 bits per heavy atom. The quantitative estimate of drug-likeness (QED) is 0.659. The smallest absolute Gasteiger partial charge is 0.323 e. The van der Waals surface area contributed by atoms with Crippen LogP contribution in [0.2, 0.25) is 0 Å². The maximum Gasteiger partial charge on any atom is 0.323 e. The summed E-state index contributed by atoms with van der Waals surface area (Å²) in [4.78, 5) is 21.7. The van der Waals surface area contributed by atoms with Crippen molar-refractivity contribution in [2.75, 3.05) is 20.8 Å². The van der Waals surface area contributed by atoms with E-state index in [2.05, 4.69) is 0 Å². The Kier molecular flexibility index (Phi) is 5.47. The van der Waals surface area contributed by atoms with E-state index in [0.717, 1.165) is 5.56 Å². The Hall–Kier alpha value is -0.740. The molecular formula is C12H18NO3PS. The molecule has 0 aliphatic carbocycles. The minimum atomic E-state index is -2.65. The number of likely N-dealkylation sites (N-methyl/N-ethyl adjacent to an activating group) is 1. The summed E-state index contributed by atoms with van der Waals surface area (Å²) < 4.78 is 6.32. The molecule has 0 amide bonds. The maximum atomic E-state index is 11.8. The SMILES string of the molecule is COC(=O)[C@H](Cc1ccccc1)N(C)P(C)(O)=S. The van der Waals surface area contributed by atoms with E-state index in [0.29, 0.717) is 6.42 Å². The van der Waals surface area contributed by atoms with Gasteiger partial charge in [0, 0.05) is 6.66 Å². The predicted octanol–water partition coefficient (Wildman–Crippen LogP) is 1.63. The third-order valence-electron chi connectivity index (χ3n) is 2.78. The highest BCUT2D eigenvalue weighted by Gasteiger charge is 2.30. The average molecular weight is 287 g/mol. The van der Waals surface area contributed by atoms with Crippen LogP contribution < -0.4 is 0 Å². The number of carbonyl (C=O) groups is 1. The highest BCUT2D eigenvalue weighted by atomic mass is 32.4. The van der Waals surface area contributed by atoms with Gasteiger partial charge in [0.25, 0.3) is 0 Å². The van der Waals surface area contributed by atoms with Gasteiger partial charge in [-0.1, -0.05) is 42.1 Å². The molecule has 1 aromatic rings. The lowest BCUT2D eigenvalue weighted by atomic mass is 10.1. The number of esters is 1. The second-order valence-corrected chi connectivity index (χ2v) is 8.51. The van der Waals surface area contributed by atoms with Crippen LogP contribution in [-0.2, 0) is 27.8 Å². The van der Waals surface area contributed by atoms with E-state index in [1.165, 1.54) is 7.11 Å². The van der Waals surface area contributed by atoms with Crippen molar-refractivity contribution in [1.82, 2.24) is 4.67 Å². The third kappa shape index (κ3) is 4.18. The first-order valence-electron chi connectivity index (χ1n) is 5.51. The van der Waals surface area contributed by atoms with Gasteiger partial charge in [-0.05, 0) is 19.0 Å². The molecule has 0 aliphatic rings. The van der Waals surface area contributed by atoms with Crippen LogP contribution in [0.25, 0.3) is 0 Å². The average Bonchev–Trinajstić information content (AvgIpc) is 2.34. The van der Waals surface area contributed by atoms with E-state index in [1.807, 2.05) is 30.3 Å². The molecule has 1 rings (SSSR count). The molecule has 0 bridgehead atoms. The van der Waals surface area contributed by atoms with Gasteiger partial charge in [0.2, 0.25) is 0 Å². The number of rotatable bonds is 5. The summed E-state index contributed by atoms with van der Waals surface area (Å²) in [6, 6.07) is 9.03. The van der Waals surface area contributed by atoms with Crippen LogP contribution in [0.1, 0.15) is 5.56 Å². The van der Waals surface area contributed by atoms with Crippen molar-refractivity contribution in [2.45, 2.75) is 12.5 Å². The van der Waals surface area contributed by atoms with Crippen molar-refractivity contribution in [3.8, 4) is 0 Å². The molecule has 0 radical (unpaired) electrons. The van der Waals surface area contributed by atoms with E-state index in [1.54, 1.807) is 18.4 Å². The van der Waals surface area contributed by atoms with Crippen molar-refractivity contribution >= 4 is 24.2 Å². The van der Waals surface area contributed by atoms with Gasteiger partial charge in [-0.15, -0.1) is 0 Å². The summed E-state index contributed by atoms with van der Waals surface area (Å²) >= 11 is 5.05. The lowest BCUT2D eigenvalue weighted by Crippen LogP contribution is -2.38. The fourth-order valence-electron chi connectivity index (χ4n) is 1.60. The number of hydrogen-bond acceptors (Lipinski definition) is 3. The van der Waals surface area contributed by atoms with E-state index in [9.17, 15) is 9.69 Å². The first-order chi connectivity index (χ1) is 8.36. The fraction of sp³-hybridized carbons (Fsp3) is 0.417. The number of carbonyl (C=O) groups excluding carboxylic acids is 1. The van der Waals surface area contributed by atoms with Gasteiger partial charge in [-0.2, -0.15) is 0 Å². The minimum Gasteiger partial charge on any atom is -0.468 e. The van der Waals surface area contributed by atoms with Crippen LogP contribution in [0, 0.1) is 0 Å². The highest BCUT2D eigenvalue weighted by Crippen LogP contribution is 2.41. The summed E-state index contributed by atoms with van der Waals surface area (Å²) in [5.74, 6) is -0.383. The molecule has 0 fully saturated rings. The molecule has 2 atom stereocenters. The van der Waals surface area contributed by atoms with Crippen LogP contribution in [0.5, 0.6) is 0 Å². The van der Waals surface area contributed by atoms with Gasteiger partial charge in [0.05, 0.1) is 7.11 Å². The molecular weight excluding hydrogens is 269 g/mol. The first-order valence-corrected chi connectivity index (χ1v) is 8.67. The second-order valence-electron chi connectivity index (χ2n) is 4.14. The molecule has 0 aliphatic heterocycles. The lowest BCUT2D eigenvalue weighted by Gasteiger charge is -2.30. The summed E-state index contributed by atoms with van der Waals surface area (Å²) in [7, 11) is 3.00. The monoisotopic (exact) mass is 287 g/mol. The summed E-state index contributed by atoms with van der Waals surface area (Å²) in [5.41, 5.74) is 1.00. The zero-order valence-corrected chi connectivity index (χ0v) is 12.4. The summed E-state index contributed by atoms with van der Waals surface area (Å²) in [6.45, 7) is 1.57. The van der Waals surface area contributed by atoms with Gasteiger partial charge in [0.1, 0.15) is 12.5 Å². The molecule has 0 saturated carbocycles. The van der Waals surface area contributed by atoms with Crippen LogP contribution in [0.4, 0.5) is 0 Å². The molecule has 4 nitrogen and oxygen atoms in total. The Labute approximate surface area is 113 Å². The molecule has 1 unspecified atom stereocenters. The zero-order chi connectivity index (χ0) is 13.8. The molecule has 1 N–H and O–H groups in total. The van der Waals surface area contributed by atoms with Gasteiger partial charge < -0.3 is 9.63 Å². The second kappa shape index (κ2) is 6.43. The molecule has 100 valence electrons. The normalized spacial score (nSPS) is 16.1. The first kappa shape index (κ1) is 15.3. The lowest BCUT2D eigenvalue weighted by molar-refractivity contribution is -0.144. The van der Waals surface area contributed by atoms with Crippen molar-refractivity contribution < 1.29 is 14.4 Å². The van der Waals surface area contributed by atoms with Gasteiger partial charge in [0.15, 0.2) is 0 Å². The molecule has 0 saturated heterocycles. The largest absolute Gasteiger partial charge is 0.468 e. The van der Waals surface area contributed by atoms with E-state index in [4.69, 9.17) is 16.5 Å². The van der Waals surface area contributed by atoms with E-state index < -0.39 is 12.5 Å². The third-order valence-corrected chi connectivity index (χ3v) is 5.00. The summed E-state index contributed by atoms with van der Waals surface area (Å²) in [6.07, 6.45) is -2.18. The number of ether oxygens (including phenoxy) is 1. The molecule has 0 heterocycles. The summed E-state index contributed by atoms with van der Waals surface area (Å²) in [5, 5.41) is 0. The Bertz CT molecular complexity index is 446. The number of nitrogens with zero attached hydrogens (tertiary/aromatic N) is 1. The molecule has 6 heteroatoms. The zero-order valence-electron chi connectivity index (χ0n) is 10.7. The number of methoxy groups -OCH3 is 1. The minimum absolute atomic E-state index is 0.383. The van der Waals surface area contributed by atoms with Crippen LogP contribution in [0.3, 0.4) is 0 Å². The Morgan fingerprint density at radius 1 is 1.50 bits per heavy atom. The Morgan fingerprint density at radius 2 is 2.06 bits per heavy atom. The van der Waals surface area contributed by atoms with Crippen molar-refractivity contribution in [2.24, 2.45) is 0 Å². The van der Waals surface area contributed by atoms with Crippen LogP contribution in [-0.4, -0.2) is 42.4 Å². The number of hydrogen-bond donors (Lipinski definition) is 1. The standard InChI is InChI=1S/C12H18NO3PS/c1-13(17(3,15)18)11(12(14)16-2)9-10-7-5-4-6-8-10/h4-8,11H,9H2,1-3H3,(H,15,18)/t11-,17?/m0/s1. The van der Waals surface area contributed by atoms with E-state index in [-0.39, 0.29) is 5.97 Å². The maximum absolute atomic E-state index is 11.8. The number of benzene rings is 1. The van der Waals surface area contributed by atoms with Gasteiger partial charge in [-0.3, -0.25) is 4.79 Å². The predicted molar refractivity (Wildman–Crippen MR) is 76.1 cm³/mol. The van der Waals surface area contributed by atoms with Gasteiger partial charge >= 0.3 is 5.97 Å².